The first-order valence-corrected chi connectivity index (χ1v) is 6.72. The lowest BCUT2D eigenvalue weighted by molar-refractivity contribution is 0.415. The molecule has 0 aliphatic heterocycles. The van der Waals surface area contributed by atoms with Crippen LogP contribution in [0.3, 0.4) is 0 Å². The lowest BCUT2D eigenvalue weighted by Gasteiger charge is -2.09. The average Bonchev–Trinajstić information content (AvgIpc) is 2.83. The second kappa shape index (κ2) is 5.40. The van der Waals surface area contributed by atoms with Crippen molar-refractivity contribution in [1.82, 2.24) is 20.2 Å². The number of aryl methyl sites for hydroxylation is 2. The molecule has 0 radical (unpaired) electrons. The first-order chi connectivity index (χ1) is 10.2. The van der Waals surface area contributed by atoms with Gasteiger partial charge in [0, 0.05) is 29.3 Å². The van der Waals surface area contributed by atoms with E-state index in [1.165, 1.54) is 0 Å². The maximum atomic E-state index is 5.22. The van der Waals surface area contributed by atoms with E-state index < -0.39 is 0 Å². The summed E-state index contributed by atoms with van der Waals surface area (Å²) < 4.78 is 5.22. The lowest BCUT2D eigenvalue weighted by Crippen LogP contribution is -2.04. The number of H-pyrrole nitrogens is 1. The van der Waals surface area contributed by atoms with E-state index in [0.717, 1.165) is 39.4 Å². The second-order valence-electron chi connectivity index (χ2n) is 4.87. The predicted molar refractivity (Wildman–Crippen MR) is 81.5 cm³/mol. The van der Waals surface area contributed by atoms with E-state index in [2.05, 4.69) is 25.5 Å². The van der Waals surface area contributed by atoms with Crippen molar-refractivity contribution in [2.24, 2.45) is 0 Å². The van der Waals surface area contributed by atoms with E-state index in [9.17, 15) is 0 Å². The van der Waals surface area contributed by atoms with Gasteiger partial charge in [-0.3, -0.25) is 5.10 Å². The van der Waals surface area contributed by atoms with Crippen LogP contribution >= 0.6 is 0 Å². The summed E-state index contributed by atoms with van der Waals surface area (Å²) in [6.07, 6.45) is 1.55. The van der Waals surface area contributed by atoms with Crippen molar-refractivity contribution < 1.29 is 4.74 Å². The number of ether oxygens (including phenoxy) is 1. The highest BCUT2D eigenvalue weighted by Crippen LogP contribution is 2.24. The van der Waals surface area contributed by atoms with Gasteiger partial charge in [0.05, 0.1) is 18.3 Å². The molecule has 0 saturated carbocycles. The van der Waals surface area contributed by atoms with Crippen molar-refractivity contribution in [2.45, 2.75) is 20.4 Å². The molecule has 21 heavy (non-hydrogen) atoms. The number of nitrogens with one attached hydrogen (secondary N) is 2. The Labute approximate surface area is 122 Å². The van der Waals surface area contributed by atoms with Crippen molar-refractivity contribution >= 4 is 16.7 Å². The van der Waals surface area contributed by atoms with Crippen LogP contribution in [-0.2, 0) is 6.54 Å². The topological polar surface area (TPSA) is 75.7 Å². The Balaban J connectivity index is 1.90. The van der Waals surface area contributed by atoms with E-state index >= 15 is 0 Å². The van der Waals surface area contributed by atoms with Gasteiger partial charge in [0.2, 0.25) is 0 Å². The van der Waals surface area contributed by atoms with E-state index in [1.54, 1.807) is 13.4 Å². The summed E-state index contributed by atoms with van der Waals surface area (Å²) in [5, 5.41) is 11.5. The Morgan fingerprint density at radius 3 is 2.81 bits per heavy atom. The van der Waals surface area contributed by atoms with Crippen molar-refractivity contribution in [3.8, 4) is 5.75 Å². The number of rotatable bonds is 4. The fourth-order valence-electron chi connectivity index (χ4n) is 2.31. The zero-order valence-electron chi connectivity index (χ0n) is 12.3. The summed E-state index contributed by atoms with van der Waals surface area (Å²) in [5.41, 5.74) is 4.09. The fraction of sp³-hybridized carbons (Fsp3) is 0.267. The number of fused-ring (bicyclic) bond motifs is 1. The summed E-state index contributed by atoms with van der Waals surface area (Å²) in [7, 11) is 1.64. The molecule has 2 heterocycles. The van der Waals surface area contributed by atoms with Crippen LogP contribution in [-0.4, -0.2) is 27.3 Å². The highest BCUT2D eigenvalue weighted by molar-refractivity contribution is 5.89. The molecule has 3 rings (SSSR count). The molecule has 0 unspecified atom stereocenters. The first-order valence-electron chi connectivity index (χ1n) is 6.72. The standard InChI is InChI=1S/C15H17N5O/c1-9-13(10(2)20-19-9)7-16-15-12-5-4-11(21-3)6-14(12)17-8-18-15/h4-6,8H,7H2,1-3H3,(H,19,20)(H,16,17,18). The molecule has 0 saturated heterocycles. The van der Waals surface area contributed by atoms with Gasteiger partial charge in [-0.05, 0) is 26.0 Å². The van der Waals surface area contributed by atoms with Crippen LogP contribution in [0.1, 0.15) is 17.0 Å². The van der Waals surface area contributed by atoms with Crippen LogP contribution in [0.4, 0.5) is 5.82 Å². The van der Waals surface area contributed by atoms with E-state index in [0.29, 0.717) is 6.54 Å². The number of methoxy groups -OCH3 is 1. The van der Waals surface area contributed by atoms with Crippen molar-refractivity contribution in [3.63, 3.8) is 0 Å². The third-order valence-corrected chi connectivity index (χ3v) is 3.56. The number of hydrogen-bond acceptors (Lipinski definition) is 5. The van der Waals surface area contributed by atoms with Crippen molar-refractivity contribution in [2.75, 3.05) is 12.4 Å². The SMILES string of the molecule is COc1ccc2c(NCc3c(C)n[nH]c3C)ncnc2c1. The molecular weight excluding hydrogens is 266 g/mol. The summed E-state index contributed by atoms with van der Waals surface area (Å²) >= 11 is 0. The Morgan fingerprint density at radius 1 is 1.24 bits per heavy atom. The van der Waals surface area contributed by atoms with Gasteiger partial charge >= 0.3 is 0 Å². The van der Waals surface area contributed by atoms with E-state index in [-0.39, 0.29) is 0 Å². The summed E-state index contributed by atoms with van der Waals surface area (Å²) in [6.45, 7) is 4.68. The number of aromatic nitrogens is 4. The minimum absolute atomic E-state index is 0.673. The number of nitrogens with zero attached hydrogens (tertiary/aromatic N) is 3. The van der Waals surface area contributed by atoms with Gasteiger partial charge in [-0.25, -0.2) is 9.97 Å². The molecule has 108 valence electrons. The van der Waals surface area contributed by atoms with Crippen LogP contribution in [0.15, 0.2) is 24.5 Å². The van der Waals surface area contributed by atoms with Gasteiger partial charge in [-0.2, -0.15) is 5.10 Å². The normalized spacial score (nSPS) is 10.8. The molecule has 0 aliphatic rings. The van der Waals surface area contributed by atoms with Crippen LogP contribution in [0.25, 0.3) is 10.9 Å². The Bertz CT molecular complexity index is 761. The fourth-order valence-corrected chi connectivity index (χ4v) is 2.31. The number of hydrogen-bond donors (Lipinski definition) is 2. The molecule has 0 fully saturated rings. The van der Waals surface area contributed by atoms with Crippen LogP contribution < -0.4 is 10.1 Å². The molecule has 0 spiro atoms. The third kappa shape index (κ3) is 2.52. The molecule has 6 nitrogen and oxygen atoms in total. The highest BCUT2D eigenvalue weighted by Gasteiger charge is 2.08. The average molecular weight is 283 g/mol. The predicted octanol–water partition coefficient (Wildman–Crippen LogP) is 2.59. The van der Waals surface area contributed by atoms with Crippen LogP contribution in [0, 0.1) is 13.8 Å². The van der Waals surface area contributed by atoms with Gasteiger partial charge in [-0.1, -0.05) is 0 Å². The molecule has 6 heteroatoms. The molecule has 2 aromatic heterocycles. The van der Waals surface area contributed by atoms with Gasteiger partial charge in [0.1, 0.15) is 17.9 Å². The molecule has 0 atom stereocenters. The van der Waals surface area contributed by atoms with Crippen LogP contribution in [0.5, 0.6) is 5.75 Å². The maximum absolute atomic E-state index is 5.22. The lowest BCUT2D eigenvalue weighted by atomic mass is 10.2. The number of benzene rings is 1. The van der Waals surface area contributed by atoms with Gasteiger partial charge < -0.3 is 10.1 Å². The monoisotopic (exact) mass is 283 g/mol. The zero-order chi connectivity index (χ0) is 14.8. The third-order valence-electron chi connectivity index (χ3n) is 3.56. The van der Waals surface area contributed by atoms with Gasteiger partial charge in [0.25, 0.3) is 0 Å². The number of anilines is 1. The summed E-state index contributed by atoms with van der Waals surface area (Å²) in [4.78, 5) is 8.61. The van der Waals surface area contributed by atoms with Crippen LogP contribution in [0.2, 0.25) is 0 Å². The smallest absolute Gasteiger partial charge is 0.137 e. The molecule has 2 N–H and O–H groups in total. The van der Waals surface area contributed by atoms with E-state index in [1.807, 2.05) is 32.0 Å². The first kappa shape index (κ1) is 13.4. The zero-order valence-corrected chi connectivity index (χ0v) is 12.3. The molecule has 0 amide bonds. The largest absolute Gasteiger partial charge is 0.497 e. The minimum atomic E-state index is 0.673. The summed E-state index contributed by atoms with van der Waals surface area (Å²) in [5.74, 6) is 1.59. The van der Waals surface area contributed by atoms with Gasteiger partial charge in [0.15, 0.2) is 0 Å². The molecule has 3 aromatic rings. The molecule has 1 aromatic carbocycles. The van der Waals surface area contributed by atoms with Gasteiger partial charge in [-0.15, -0.1) is 0 Å². The molecular formula is C15H17N5O. The summed E-state index contributed by atoms with van der Waals surface area (Å²) in [6, 6.07) is 5.77. The highest BCUT2D eigenvalue weighted by atomic mass is 16.5. The Hall–Kier alpha value is -2.63. The van der Waals surface area contributed by atoms with Crippen molar-refractivity contribution in [1.29, 1.82) is 0 Å². The number of aromatic amines is 1. The Kier molecular flexibility index (Phi) is 3.43. The van der Waals surface area contributed by atoms with Crippen molar-refractivity contribution in [3.05, 3.63) is 41.5 Å². The maximum Gasteiger partial charge on any atom is 0.137 e. The quantitative estimate of drug-likeness (QED) is 0.769. The van der Waals surface area contributed by atoms with E-state index in [4.69, 9.17) is 4.74 Å². The second-order valence-corrected chi connectivity index (χ2v) is 4.87. The Morgan fingerprint density at radius 2 is 2.10 bits per heavy atom. The minimum Gasteiger partial charge on any atom is -0.497 e. The molecule has 0 bridgehead atoms. The molecule has 0 aliphatic carbocycles.